The van der Waals surface area contributed by atoms with Crippen molar-refractivity contribution in [3.8, 4) is 16.2 Å². The van der Waals surface area contributed by atoms with Gasteiger partial charge in [0.1, 0.15) is 11.8 Å². The van der Waals surface area contributed by atoms with Gasteiger partial charge in [0.15, 0.2) is 17.4 Å². The van der Waals surface area contributed by atoms with E-state index < -0.39 is 23.4 Å². The molecule has 0 spiro atoms. The van der Waals surface area contributed by atoms with Crippen molar-refractivity contribution in [3.63, 3.8) is 0 Å². The van der Waals surface area contributed by atoms with Crippen LogP contribution in [0.15, 0.2) is 36.4 Å². The molecule has 0 unspecified atom stereocenters. The predicted molar refractivity (Wildman–Crippen MR) is 104 cm³/mol. The summed E-state index contributed by atoms with van der Waals surface area (Å²) in [6.07, 6.45) is -0.204. The maximum atomic E-state index is 14.3. The summed E-state index contributed by atoms with van der Waals surface area (Å²) in [4.78, 5) is 11.3. The van der Waals surface area contributed by atoms with Crippen LogP contribution in [0.25, 0.3) is 10.4 Å². The third kappa shape index (κ3) is 4.79. The molecule has 0 saturated carbocycles. The predicted octanol–water partition coefficient (Wildman–Crippen LogP) is 5.99. The van der Waals surface area contributed by atoms with Crippen molar-refractivity contribution in [2.75, 3.05) is 0 Å². The van der Waals surface area contributed by atoms with E-state index in [2.05, 4.69) is 4.37 Å². The fraction of sp³-hybridized carbons (Fsp3) is 0.158. The topological polar surface area (TPSA) is 59.4 Å². The third-order valence-corrected chi connectivity index (χ3v) is 5.50. The zero-order valence-corrected chi connectivity index (χ0v) is 16.5. The van der Waals surface area contributed by atoms with Crippen LogP contribution in [0, 0.1) is 11.6 Å². The molecule has 0 radical (unpaired) electrons. The average molecular weight is 444 g/mol. The molecule has 1 N–H and O–H groups in total. The van der Waals surface area contributed by atoms with E-state index in [9.17, 15) is 13.6 Å². The molecule has 1 heterocycles. The van der Waals surface area contributed by atoms with Gasteiger partial charge in [0.25, 0.3) is 0 Å². The molecule has 0 atom stereocenters. The molecule has 0 aliphatic carbocycles. The van der Waals surface area contributed by atoms with Crippen LogP contribution in [-0.2, 0) is 17.8 Å². The molecule has 3 rings (SSSR count). The summed E-state index contributed by atoms with van der Waals surface area (Å²) in [5.41, 5.74) is 1.54. The van der Waals surface area contributed by atoms with Crippen LogP contribution >= 0.6 is 34.7 Å². The average Bonchev–Trinajstić information content (AvgIpc) is 3.00. The zero-order chi connectivity index (χ0) is 20.3. The highest BCUT2D eigenvalue weighted by Crippen LogP contribution is 2.35. The van der Waals surface area contributed by atoms with Gasteiger partial charge in [0.05, 0.1) is 4.88 Å². The van der Waals surface area contributed by atoms with E-state index >= 15 is 0 Å². The molecule has 0 bridgehead atoms. The first-order valence-electron chi connectivity index (χ1n) is 8.07. The Bertz CT molecular complexity index is 986. The number of aryl methyl sites for hydroxylation is 1. The number of aromatic nitrogens is 1. The number of rotatable bonds is 7. The van der Waals surface area contributed by atoms with Crippen LogP contribution in [0.4, 0.5) is 8.78 Å². The molecular formula is C19H13Cl2F2NO3S. The lowest BCUT2D eigenvalue weighted by atomic mass is 10.1. The van der Waals surface area contributed by atoms with Gasteiger partial charge in [-0.15, -0.1) is 0 Å². The molecule has 0 aliphatic heterocycles. The molecule has 4 nitrogen and oxygen atoms in total. The standard InChI is InChI=1S/C19H13Cl2F2NO3S/c20-12-4-2-11(3-5-12)18-13(19(21)24-28-18)9-27-17-14(22)7-10(8-15(17)23)1-6-16(25)26/h2-5,7-8H,1,6,9H2,(H,25,26). The minimum atomic E-state index is -1.05. The molecule has 146 valence electrons. The molecule has 1 aromatic heterocycles. The molecule has 2 aromatic carbocycles. The fourth-order valence-electron chi connectivity index (χ4n) is 2.53. The van der Waals surface area contributed by atoms with E-state index in [1.807, 2.05) is 0 Å². The Morgan fingerprint density at radius 3 is 2.39 bits per heavy atom. The molecule has 0 aliphatic rings. The van der Waals surface area contributed by atoms with E-state index in [1.165, 1.54) is 0 Å². The normalized spacial score (nSPS) is 10.9. The summed E-state index contributed by atoms with van der Waals surface area (Å²) in [5, 5.41) is 9.44. The number of carboxylic acids is 1. The largest absolute Gasteiger partial charge is 0.483 e. The lowest BCUT2D eigenvalue weighted by Crippen LogP contribution is -2.03. The van der Waals surface area contributed by atoms with Crippen LogP contribution in [0.1, 0.15) is 17.5 Å². The quantitative estimate of drug-likeness (QED) is 0.486. The number of benzene rings is 2. The summed E-state index contributed by atoms with van der Waals surface area (Å²) in [6.45, 7) is -0.185. The van der Waals surface area contributed by atoms with Gasteiger partial charge in [-0.1, -0.05) is 35.3 Å². The van der Waals surface area contributed by atoms with Gasteiger partial charge in [0.2, 0.25) is 0 Å². The SMILES string of the molecule is O=C(O)CCc1cc(F)c(OCc2c(Cl)nsc2-c2ccc(Cl)cc2)c(F)c1. The number of carbonyl (C=O) groups is 1. The van der Waals surface area contributed by atoms with Crippen molar-refractivity contribution in [2.24, 2.45) is 0 Å². The molecule has 3 aromatic rings. The van der Waals surface area contributed by atoms with Crippen molar-refractivity contribution in [1.82, 2.24) is 4.37 Å². The number of ether oxygens (including phenoxy) is 1. The zero-order valence-electron chi connectivity index (χ0n) is 14.2. The Morgan fingerprint density at radius 1 is 1.14 bits per heavy atom. The molecule has 9 heteroatoms. The van der Waals surface area contributed by atoms with Gasteiger partial charge in [0, 0.05) is 17.0 Å². The molecule has 0 fully saturated rings. The Hall–Kier alpha value is -2.22. The van der Waals surface area contributed by atoms with Gasteiger partial charge >= 0.3 is 5.97 Å². The number of carboxylic acid groups (broad SMARTS) is 1. The minimum Gasteiger partial charge on any atom is -0.483 e. The van der Waals surface area contributed by atoms with E-state index in [1.54, 1.807) is 24.3 Å². The summed E-state index contributed by atoms with van der Waals surface area (Å²) < 4.78 is 37.9. The smallest absolute Gasteiger partial charge is 0.303 e. The fourth-order valence-corrected chi connectivity index (χ4v) is 3.76. The summed E-state index contributed by atoms with van der Waals surface area (Å²) in [5.74, 6) is -3.42. The first kappa shape index (κ1) is 20.5. The number of nitrogens with zero attached hydrogens (tertiary/aromatic N) is 1. The molecular weight excluding hydrogens is 431 g/mol. The van der Waals surface area contributed by atoms with Gasteiger partial charge in [-0.05, 0) is 53.3 Å². The summed E-state index contributed by atoms with van der Waals surface area (Å²) in [6, 6.07) is 9.13. The summed E-state index contributed by atoms with van der Waals surface area (Å²) in [7, 11) is 0. The second kappa shape index (κ2) is 8.86. The van der Waals surface area contributed by atoms with Gasteiger partial charge in [-0.25, -0.2) is 8.78 Å². The van der Waals surface area contributed by atoms with Crippen LogP contribution in [-0.4, -0.2) is 15.4 Å². The highest BCUT2D eigenvalue weighted by atomic mass is 35.5. The van der Waals surface area contributed by atoms with Crippen LogP contribution in [0.5, 0.6) is 5.75 Å². The first-order chi connectivity index (χ1) is 13.3. The Labute approximate surface area is 173 Å². The van der Waals surface area contributed by atoms with Crippen LogP contribution in [0.3, 0.4) is 0 Å². The van der Waals surface area contributed by atoms with E-state index in [0.717, 1.165) is 29.2 Å². The minimum absolute atomic E-state index is 0.0183. The van der Waals surface area contributed by atoms with Crippen molar-refractivity contribution in [1.29, 1.82) is 0 Å². The highest BCUT2D eigenvalue weighted by Gasteiger charge is 2.18. The van der Waals surface area contributed by atoms with Gasteiger partial charge in [-0.3, -0.25) is 4.79 Å². The van der Waals surface area contributed by atoms with Crippen molar-refractivity contribution >= 4 is 40.7 Å². The second-order valence-electron chi connectivity index (χ2n) is 5.86. The first-order valence-corrected chi connectivity index (χ1v) is 9.60. The number of halogens is 4. The lowest BCUT2D eigenvalue weighted by Gasteiger charge is -2.11. The third-order valence-electron chi connectivity index (χ3n) is 3.89. The monoisotopic (exact) mass is 443 g/mol. The van der Waals surface area contributed by atoms with Crippen molar-refractivity contribution in [3.05, 3.63) is 69.3 Å². The number of aliphatic carboxylic acids is 1. The van der Waals surface area contributed by atoms with E-state index in [4.69, 9.17) is 33.0 Å². The highest BCUT2D eigenvalue weighted by molar-refractivity contribution is 7.10. The Morgan fingerprint density at radius 2 is 1.79 bits per heavy atom. The maximum Gasteiger partial charge on any atom is 0.303 e. The Kier molecular flexibility index (Phi) is 6.49. The molecule has 28 heavy (non-hydrogen) atoms. The Balaban J connectivity index is 1.80. The van der Waals surface area contributed by atoms with Crippen molar-refractivity contribution < 1.29 is 23.4 Å². The van der Waals surface area contributed by atoms with Gasteiger partial charge in [-0.2, -0.15) is 4.37 Å². The molecule has 0 amide bonds. The van der Waals surface area contributed by atoms with Crippen LogP contribution < -0.4 is 4.74 Å². The maximum absolute atomic E-state index is 14.3. The second-order valence-corrected chi connectivity index (χ2v) is 7.43. The summed E-state index contributed by atoms with van der Waals surface area (Å²) >= 11 is 13.2. The van der Waals surface area contributed by atoms with Gasteiger partial charge < -0.3 is 9.84 Å². The number of hydrogen-bond acceptors (Lipinski definition) is 4. The lowest BCUT2D eigenvalue weighted by molar-refractivity contribution is -0.136. The number of hydrogen-bond donors (Lipinski definition) is 1. The van der Waals surface area contributed by atoms with Crippen LogP contribution in [0.2, 0.25) is 10.2 Å². The van der Waals surface area contributed by atoms with E-state index in [0.29, 0.717) is 15.5 Å². The molecule has 0 saturated heterocycles. The van der Waals surface area contributed by atoms with Crippen molar-refractivity contribution in [2.45, 2.75) is 19.4 Å². The van der Waals surface area contributed by atoms with E-state index in [-0.39, 0.29) is 30.2 Å².